The fourth-order valence-corrected chi connectivity index (χ4v) is 2.45. The summed E-state index contributed by atoms with van der Waals surface area (Å²) in [4.78, 5) is 0. The zero-order chi connectivity index (χ0) is 14.4. The normalized spacial score (nSPS) is 18.9. The number of rotatable bonds is 6. The Balaban J connectivity index is 1.68. The van der Waals surface area contributed by atoms with E-state index in [4.69, 9.17) is 4.74 Å². The van der Waals surface area contributed by atoms with Crippen LogP contribution >= 0.6 is 0 Å². The molecule has 2 rings (SSSR count). The monoisotopic (exact) mass is 287 g/mol. The molecule has 0 radical (unpaired) electrons. The van der Waals surface area contributed by atoms with Crippen LogP contribution in [0.3, 0.4) is 0 Å². The predicted octanol–water partition coefficient (Wildman–Crippen LogP) is 3.62. The van der Waals surface area contributed by atoms with Crippen LogP contribution in [0, 0.1) is 0 Å². The van der Waals surface area contributed by atoms with Gasteiger partial charge in [-0.3, -0.25) is 0 Å². The number of nitrogens with one attached hydrogen (secondary N) is 1. The maximum Gasteiger partial charge on any atom is 0.389 e. The Labute approximate surface area is 117 Å². The minimum atomic E-state index is -4.04. The number of halogens is 3. The van der Waals surface area contributed by atoms with E-state index in [9.17, 15) is 13.2 Å². The molecule has 0 spiro atoms. The summed E-state index contributed by atoms with van der Waals surface area (Å²) in [5.41, 5.74) is 2.50. The minimum absolute atomic E-state index is 0.0163. The standard InChI is InChI=1S/C15H20F3NO/c16-15(17,18)8-3-4-9-19-11-14-13-6-2-1-5-12(13)7-10-20-14/h1-2,5-6,14,19H,3-4,7-11H2. The van der Waals surface area contributed by atoms with Crippen molar-refractivity contribution in [3.05, 3.63) is 35.4 Å². The Bertz CT molecular complexity index is 420. The van der Waals surface area contributed by atoms with Crippen molar-refractivity contribution in [1.29, 1.82) is 0 Å². The summed E-state index contributed by atoms with van der Waals surface area (Å²) in [7, 11) is 0. The molecule has 1 atom stereocenters. The van der Waals surface area contributed by atoms with E-state index in [1.165, 1.54) is 11.1 Å². The van der Waals surface area contributed by atoms with Crippen molar-refractivity contribution in [3.63, 3.8) is 0 Å². The third kappa shape index (κ3) is 4.80. The van der Waals surface area contributed by atoms with Gasteiger partial charge < -0.3 is 10.1 Å². The van der Waals surface area contributed by atoms with Crippen molar-refractivity contribution < 1.29 is 17.9 Å². The van der Waals surface area contributed by atoms with Crippen LogP contribution in [0.4, 0.5) is 13.2 Å². The second-order valence-electron chi connectivity index (χ2n) is 5.08. The van der Waals surface area contributed by atoms with Crippen LogP contribution < -0.4 is 5.32 Å². The molecule has 20 heavy (non-hydrogen) atoms. The Morgan fingerprint density at radius 3 is 2.80 bits per heavy atom. The fourth-order valence-electron chi connectivity index (χ4n) is 2.45. The molecule has 1 aliphatic rings. The lowest BCUT2D eigenvalue weighted by molar-refractivity contribution is -0.135. The van der Waals surface area contributed by atoms with Crippen molar-refractivity contribution in [2.24, 2.45) is 0 Å². The molecule has 1 aromatic rings. The van der Waals surface area contributed by atoms with Crippen LogP contribution in [0.2, 0.25) is 0 Å². The molecule has 0 saturated heterocycles. The molecule has 2 nitrogen and oxygen atoms in total. The molecule has 0 aromatic heterocycles. The number of fused-ring (bicyclic) bond motifs is 1. The lowest BCUT2D eigenvalue weighted by atomic mass is 9.97. The first-order valence-electron chi connectivity index (χ1n) is 7.03. The molecular formula is C15H20F3NO. The molecule has 1 N–H and O–H groups in total. The quantitative estimate of drug-likeness (QED) is 0.807. The van der Waals surface area contributed by atoms with E-state index in [1.54, 1.807) is 0 Å². The van der Waals surface area contributed by atoms with Gasteiger partial charge in [-0.1, -0.05) is 24.3 Å². The topological polar surface area (TPSA) is 21.3 Å². The van der Waals surface area contributed by atoms with Crippen LogP contribution in [-0.2, 0) is 11.2 Å². The van der Waals surface area contributed by atoms with Gasteiger partial charge in [0.15, 0.2) is 0 Å². The van der Waals surface area contributed by atoms with Crippen LogP contribution in [0.15, 0.2) is 24.3 Å². The number of ether oxygens (including phenoxy) is 1. The largest absolute Gasteiger partial charge is 0.389 e. The van der Waals surface area contributed by atoms with Gasteiger partial charge in [-0.15, -0.1) is 0 Å². The van der Waals surface area contributed by atoms with Gasteiger partial charge in [-0.05, 0) is 36.9 Å². The van der Waals surface area contributed by atoms with E-state index in [1.807, 2.05) is 12.1 Å². The first-order valence-corrected chi connectivity index (χ1v) is 7.03. The molecule has 1 aromatic carbocycles. The highest BCUT2D eigenvalue weighted by atomic mass is 19.4. The Morgan fingerprint density at radius 1 is 1.20 bits per heavy atom. The summed E-state index contributed by atoms with van der Waals surface area (Å²) in [5, 5.41) is 3.19. The zero-order valence-electron chi connectivity index (χ0n) is 11.4. The zero-order valence-corrected chi connectivity index (χ0v) is 11.4. The number of alkyl halides is 3. The fraction of sp³-hybridized carbons (Fsp3) is 0.600. The van der Waals surface area contributed by atoms with Gasteiger partial charge in [0.1, 0.15) is 0 Å². The molecule has 0 saturated carbocycles. The van der Waals surface area contributed by atoms with Crippen molar-refractivity contribution in [3.8, 4) is 0 Å². The van der Waals surface area contributed by atoms with Gasteiger partial charge in [0.05, 0.1) is 12.7 Å². The maximum absolute atomic E-state index is 12.0. The number of unbranched alkanes of at least 4 members (excludes halogenated alkanes) is 1. The molecule has 5 heteroatoms. The number of benzene rings is 1. The van der Waals surface area contributed by atoms with Gasteiger partial charge in [0.2, 0.25) is 0 Å². The van der Waals surface area contributed by atoms with E-state index in [0.717, 1.165) is 6.42 Å². The molecule has 1 unspecified atom stereocenters. The Hall–Kier alpha value is -1.07. The molecular weight excluding hydrogens is 267 g/mol. The van der Waals surface area contributed by atoms with Crippen LogP contribution in [0.1, 0.15) is 36.5 Å². The first kappa shape index (κ1) is 15.3. The van der Waals surface area contributed by atoms with Gasteiger partial charge in [0.25, 0.3) is 0 Å². The maximum atomic E-state index is 12.0. The lowest BCUT2D eigenvalue weighted by Gasteiger charge is -2.26. The number of hydrogen-bond acceptors (Lipinski definition) is 2. The highest BCUT2D eigenvalue weighted by molar-refractivity contribution is 5.31. The van der Waals surface area contributed by atoms with Crippen LogP contribution in [0.5, 0.6) is 0 Å². The molecule has 0 fully saturated rings. The van der Waals surface area contributed by atoms with E-state index in [2.05, 4.69) is 17.4 Å². The minimum Gasteiger partial charge on any atom is -0.372 e. The van der Waals surface area contributed by atoms with Gasteiger partial charge in [0, 0.05) is 13.0 Å². The Kier molecular flexibility index (Phi) is 5.43. The van der Waals surface area contributed by atoms with Crippen LogP contribution in [-0.4, -0.2) is 25.9 Å². The van der Waals surface area contributed by atoms with E-state index >= 15 is 0 Å². The van der Waals surface area contributed by atoms with Gasteiger partial charge >= 0.3 is 6.18 Å². The van der Waals surface area contributed by atoms with E-state index < -0.39 is 12.6 Å². The highest BCUT2D eigenvalue weighted by Crippen LogP contribution is 2.26. The van der Waals surface area contributed by atoms with Gasteiger partial charge in [-0.2, -0.15) is 13.2 Å². The number of hydrogen-bond donors (Lipinski definition) is 1. The van der Waals surface area contributed by atoms with Crippen LogP contribution in [0.25, 0.3) is 0 Å². The second kappa shape index (κ2) is 7.09. The third-order valence-electron chi connectivity index (χ3n) is 3.49. The highest BCUT2D eigenvalue weighted by Gasteiger charge is 2.25. The summed E-state index contributed by atoms with van der Waals surface area (Å²) < 4.78 is 41.7. The van der Waals surface area contributed by atoms with Gasteiger partial charge in [-0.25, -0.2) is 0 Å². The summed E-state index contributed by atoms with van der Waals surface area (Å²) in [6.45, 7) is 1.96. The second-order valence-corrected chi connectivity index (χ2v) is 5.08. The predicted molar refractivity (Wildman–Crippen MR) is 71.6 cm³/mol. The van der Waals surface area contributed by atoms with E-state index in [0.29, 0.717) is 26.1 Å². The third-order valence-corrected chi connectivity index (χ3v) is 3.49. The Morgan fingerprint density at radius 2 is 2.00 bits per heavy atom. The average molecular weight is 287 g/mol. The summed E-state index contributed by atoms with van der Waals surface area (Å²) >= 11 is 0. The molecule has 112 valence electrons. The first-order chi connectivity index (χ1) is 9.56. The van der Waals surface area contributed by atoms with Crippen molar-refractivity contribution in [1.82, 2.24) is 5.32 Å². The summed E-state index contributed by atoms with van der Waals surface area (Å²) in [6.07, 6.45) is -3.07. The van der Waals surface area contributed by atoms with Crippen molar-refractivity contribution in [2.45, 2.75) is 38.0 Å². The molecule has 0 amide bonds. The average Bonchev–Trinajstić information content (AvgIpc) is 2.41. The molecule has 0 aliphatic carbocycles. The molecule has 1 heterocycles. The molecule has 1 aliphatic heterocycles. The summed E-state index contributed by atoms with van der Waals surface area (Å²) in [6, 6.07) is 8.17. The SMILES string of the molecule is FC(F)(F)CCCCNCC1OCCc2ccccc21. The summed E-state index contributed by atoms with van der Waals surface area (Å²) in [5.74, 6) is 0. The van der Waals surface area contributed by atoms with Crippen molar-refractivity contribution >= 4 is 0 Å². The smallest absolute Gasteiger partial charge is 0.372 e. The van der Waals surface area contributed by atoms with E-state index in [-0.39, 0.29) is 12.5 Å². The van der Waals surface area contributed by atoms with Crippen molar-refractivity contribution in [2.75, 3.05) is 19.7 Å². The molecule has 0 bridgehead atoms. The lowest BCUT2D eigenvalue weighted by Crippen LogP contribution is -2.28.